The molecule has 0 aromatic heterocycles. The van der Waals surface area contributed by atoms with Crippen molar-refractivity contribution in [1.82, 2.24) is 5.32 Å². The lowest BCUT2D eigenvalue weighted by atomic mass is 9.84. The normalized spacial score (nSPS) is 18.6. The summed E-state index contributed by atoms with van der Waals surface area (Å²) in [5.41, 5.74) is 1.94. The molecule has 0 saturated carbocycles. The van der Waals surface area contributed by atoms with Crippen molar-refractivity contribution in [2.24, 2.45) is 0 Å². The van der Waals surface area contributed by atoms with E-state index in [0.29, 0.717) is 11.3 Å². The van der Waals surface area contributed by atoms with E-state index in [0.717, 1.165) is 11.3 Å². The number of allylic oxidation sites excluding steroid dienone is 1. The van der Waals surface area contributed by atoms with E-state index in [1.807, 2.05) is 24.3 Å². The first-order valence-electron chi connectivity index (χ1n) is 6.29. The molecule has 1 aliphatic rings. The minimum absolute atomic E-state index is 0.101. The molecule has 0 unspecified atom stereocenters. The molecule has 0 saturated heterocycles. The van der Waals surface area contributed by atoms with Crippen LogP contribution in [0.4, 0.5) is 0 Å². The molecule has 1 atom stereocenters. The van der Waals surface area contributed by atoms with E-state index in [1.165, 1.54) is 7.11 Å². The molecule has 1 heterocycles. The zero-order chi connectivity index (χ0) is 14.7. The maximum Gasteiger partial charge on any atom is 0.336 e. The van der Waals surface area contributed by atoms with Crippen LogP contribution in [0.2, 0.25) is 0 Å². The zero-order valence-electron chi connectivity index (χ0n) is 11.7. The molecule has 0 bridgehead atoms. The SMILES string of the molecule is COC(=O)C1=C(C)NC(=O)C[C@@H]1c1ccc(OC)cc1. The van der Waals surface area contributed by atoms with Gasteiger partial charge in [-0.15, -0.1) is 0 Å². The van der Waals surface area contributed by atoms with Crippen molar-refractivity contribution >= 4 is 11.9 Å². The number of amides is 1. The van der Waals surface area contributed by atoms with E-state index in [-0.39, 0.29) is 18.2 Å². The average Bonchev–Trinajstić information content (AvgIpc) is 2.46. The maximum absolute atomic E-state index is 11.9. The Morgan fingerprint density at radius 2 is 1.90 bits per heavy atom. The highest BCUT2D eigenvalue weighted by molar-refractivity contribution is 5.95. The Morgan fingerprint density at radius 3 is 2.45 bits per heavy atom. The lowest BCUT2D eigenvalue weighted by molar-refractivity contribution is -0.136. The standard InChI is InChI=1S/C15H17NO4/c1-9-14(15(18)20-3)12(8-13(17)16-9)10-4-6-11(19-2)7-5-10/h4-7,12H,8H2,1-3H3,(H,16,17)/t12-/m1/s1. The Bertz CT molecular complexity index is 560. The topological polar surface area (TPSA) is 64.6 Å². The fourth-order valence-electron chi connectivity index (χ4n) is 2.40. The predicted molar refractivity (Wildman–Crippen MR) is 73.2 cm³/mol. The highest BCUT2D eigenvalue weighted by Crippen LogP contribution is 2.34. The summed E-state index contributed by atoms with van der Waals surface area (Å²) in [7, 11) is 2.93. The van der Waals surface area contributed by atoms with Crippen LogP contribution in [0.3, 0.4) is 0 Å². The van der Waals surface area contributed by atoms with Crippen LogP contribution in [0.15, 0.2) is 35.5 Å². The van der Waals surface area contributed by atoms with Crippen LogP contribution in [0.5, 0.6) is 5.75 Å². The monoisotopic (exact) mass is 275 g/mol. The number of carbonyl (C=O) groups is 2. The molecule has 0 fully saturated rings. The van der Waals surface area contributed by atoms with Gasteiger partial charge in [-0.05, 0) is 24.6 Å². The first kappa shape index (κ1) is 14.1. The maximum atomic E-state index is 11.9. The molecule has 5 nitrogen and oxygen atoms in total. The minimum Gasteiger partial charge on any atom is -0.497 e. The van der Waals surface area contributed by atoms with Gasteiger partial charge in [0.1, 0.15) is 5.75 Å². The molecule has 2 rings (SSSR count). The van der Waals surface area contributed by atoms with Crippen LogP contribution in [0.25, 0.3) is 0 Å². The number of hydrogen-bond acceptors (Lipinski definition) is 4. The number of nitrogens with one attached hydrogen (secondary N) is 1. The molecule has 5 heteroatoms. The molecular formula is C15H17NO4. The summed E-state index contributed by atoms with van der Waals surface area (Å²) in [6, 6.07) is 7.34. The van der Waals surface area contributed by atoms with Gasteiger partial charge < -0.3 is 14.8 Å². The number of esters is 1. The molecule has 106 valence electrons. The van der Waals surface area contributed by atoms with Gasteiger partial charge in [0.15, 0.2) is 0 Å². The molecule has 1 aromatic rings. The summed E-state index contributed by atoms with van der Waals surface area (Å²) in [6.45, 7) is 1.71. The summed E-state index contributed by atoms with van der Waals surface area (Å²) in [5, 5.41) is 2.68. The summed E-state index contributed by atoms with van der Waals surface area (Å²) in [5.74, 6) is -0.0734. The molecule has 1 N–H and O–H groups in total. The molecule has 1 aliphatic heterocycles. The molecule has 0 aliphatic carbocycles. The number of hydrogen-bond donors (Lipinski definition) is 1. The zero-order valence-corrected chi connectivity index (χ0v) is 11.7. The van der Waals surface area contributed by atoms with Crippen molar-refractivity contribution in [2.75, 3.05) is 14.2 Å². The van der Waals surface area contributed by atoms with Crippen molar-refractivity contribution < 1.29 is 19.1 Å². The van der Waals surface area contributed by atoms with Crippen LogP contribution >= 0.6 is 0 Å². The van der Waals surface area contributed by atoms with E-state index in [1.54, 1.807) is 14.0 Å². The van der Waals surface area contributed by atoms with Crippen LogP contribution < -0.4 is 10.1 Å². The molecular weight excluding hydrogens is 258 g/mol. The predicted octanol–water partition coefficient (Wildman–Crippen LogP) is 1.75. The second-order valence-electron chi connectivity index (χ2n) is 4.61. The van der Waals surface area contributed by atoms with E-state index < -0.39 is 5.97 Å². The molecule has 1 aromatic carbocycles. The third kappa shape index (κ3) is 2.66. The van der Waals surface area contributed by atoms with Crippen LogP contribution in [0, 0.1) is 0 Å². The Balaban J connectivity index is 2.42. The van der Waals surface area contributed by atoms with Gasteiger partial charge in [-0.25, -0.2) is 4.79 Å². The van der Waals surface area contributed by atoms with Crippen LogP contribution in [-0.2, 0) is 14.3 Å². The smallest absolute Gasteiger partial charge is 0.336 e. The number of methoxy groups -OCH3 is 2. The van der Waals surface area contributed by atoms with Gasteiger partial charge in [0.25, 0.3) is 0 Å². The first-order valence-corrected chi connectivity index (χ1v) is 6.29. The van der Waals surface area contributed by atoms with Crippen molar-refractivity contribution in [3.8, 4) is 5.75 Å². The number of ether oxygens (including phenoxy) is 2. The third-order valence-corrected chi connectivity index (χ3v) is 3.39. The highest BCUT2D eigenvalue weighted by atomic mass is 16.5. The largest absolute Gasteiger partial charge is 0.497 e. The first-order chi connectivity index (χ1) is 9.56. The minimum atomic E-state index is -0.414. The highest BCUT2D eigenvalue weighted by Gasteiger charge is 2.32. The number of benzene rings is 1. The van der Waals surface area contributed by atoms with Crippen molar-refractivity contribution in [3.05, 3.63) is 41.1 Å². The van der Waals surface area contributed by atoms with Gasteiger partial charge in [0.2, 0.25) is 5.91 Å². The van der Waals surface area contributed by atoms with Crippen LogP contribution in [0.1, 0.15) is 24.8 Å². The van der Waals surface area contributed by atoms with Gasteiger partial charge in [-0.3, -0.25) is 4.79 Å². The fraction of sp³-hybridized carbons (Fsp3) is 0.333. The lowest BCUT2D eigenvalue weighted by Crippen LogP contribution is -2.33. The number of rotatable bonds is 3. The van der Waals surface area contributed by atoms with Crippen molar-refractivity contribution in [2.45, 2.75) is 19.3 Å². The Morgan fingerprint density at radius 1 is 1.25 bits per heavy atom. The average molecular weight is 275 g/mol. The summed E-state index contributed by atoms with van der Waals surface area (Å²) in [6.07, 6.45) is 0.230. The molecule has 0 radical (unpaired) electrons. The second-order valence-corrected chi connectivity index (χ2v) is 4.61. The van der Waals surface area contributed by atoms with Gasteiger partial charge in [0.05, 0.1) is 19.8 Å². The molecule has 1 amide bonds. The summed E-state index contributed by atoms with van der Waals surface area (Å²) < 4.78 is 9.93. The number of carbonyl (C=O) groups excluding carboxylic acids is 2. The Labute approximate surface area is 117 Å². The summed E-state index contributed by atoms with van der Waals surface area (Å²) >= 11 is 0. The lowest BCUT2D eigenvalue weighted by Gasteiger charge is -2.26. The van der Waals surface area contributed by atoms with E-state index >= 15 is 0 Å². The second kappa shape index (κ2) is 5.77. The van der Waals surface area contributed by atoms with Gasteiger partial charge in [-0.2, -0.15) is 0 Å². The Hall–Kier alpha value is -2.30. The van der Waals surface area contributed by atoms with E-state index in [4.69, 9.17) is 9.47 Å². The summed E-state index contributed by atoms with van der Waals surface area (Å²) in [4.78, 5) is 23.6. The van der Waals surface area contributed by atoms with Crippen molar-refractivity contribution in [3.63, 3.8) is 0 Å². The van der Waals surface area contributed by atoms with Crippen LogP contribution in [-0.4, -0.2) is 26.1 Å². The quantitative estimate of drug-likeness (QED) is 0.853. The fourth-order valence-corrected chi connectivity index (χ4v) is 2.40. The molecule has 0 spiro atoms. The third-order valence-electron chi connectivity index (χ3n) is 3.39. The molecule has 20 heavy (non-hydrogen) atoms. The van der Waals surface area contributed by atoms with Gasteiger partial charge >= 0.3 is 5.97 Å². The van der Waals surface area contributed by atoms with E-state index in [2.05, 4.69) is 5.32 Å². The van der Waals surface area contributed by atoms with E-state index in [9.17, 15) is 9.59 Å². The van der Waals surface area contributed by atoms with Gasteiger partial charge in [0, 0.05) is 18.0 Å². The van der Waals surface area contributed by atoms with Gasteiger partial charge in [-0.1, -0.05) is 12.1 Å². The van der Waals surface area contributed by atoms with Crippen molar-refractivity contribution in [1.29, 1.82) is 0 Å². The Kier molecular flexibility index (Phi) is 4.08.